The van der Waals surface area contributed by atoms with Crippen LogP contribution in [0.2, 0.25) is 0 Å². The Morgan fingerprint density at radius 1 is 1.00 bits per heavy atom. The number of H-pyrrole nitrogens is 1. The van der Waals surface area contributed by atoms with Gasteiger partial charge in [0.25, 0.3) is 5.56 Å². The minimum Gasteiger partial charge on any atom is -0.432 e. The van der Waals surface area contributed by atoms with E-state index < -0.39 is 81.5 Å². The first-order chi connectivity index (χ1) is 22.3. The van der Waals surface area contributed by atoms with E-state index in [9.17, 15) is 33.2 Å². The molecular formula is C26H40FN2O17P. The van der Waals surface area contributed by atoms with E-state index in [1.54, 1.807) is 0 Å². The number of phosphoric acid groups is 1. The Bertz CT molecular complexity index is 1300. The Balaban J connectivity index is 1.79. The maximum absolute atomic E-state index is 14.9. The summed E-state index contributed by atoms with van der Waals surface area (Å²) in [6.07, 6.45) is -1.32. The summed E-state index contributed by atoms with van der Waals surface area (Å²) in [5.41, 5.74) is -5.22. The van der Waals surface area contributed by atoms with E-state index in [0.717, 1.165) is 16.8 Å². The summed E-state index contributed by atoms with van der Waals surface area (Å²) in [6.45, 7) is -3.00. The first-order valence-electron chi connectivity index (χ1n) is 14.4. The molecule has 0 spiro atoms. The predicted molar refractivity (Wildman–Crippen MR) is 152 cm³/mol. The van der Waals surface area contributed by atoms with Crippen LogP contribution in [0.1, 0.15) is 45.3 Å². The molecule has 47 heavy (non-hydrogen) atoms. The van der Waals surface area contributed by atoms with Crippen molar-refractivity contribution in [2.24, 2.45) is 0 Å². The molecule has 2 N–H and O–H groups in total. The summed E-state index contributed by atoms with van der Waals surface area (Å²) >= 11 is 0. The molecule has 3 atom stereocenters. The lowest BCUT2D eigenvalue weighted by Crippen LogP contribution is -2.47. The van der Waals surface area contributed by atoms with Gasteiger partial charge in [0.15, 0.2) is 12.0 Å². The van der Waals surface area contributed by atoms with Crippen LogP contribution in [-0.4, -0.2) is 111 Å². The van der Waals surface area contributed by atoms with Gasteiger partial charge < -0.3 is 43.0 Å². The van der Waals surface area contributed by atoms with Crippen molar-refractivity contribution in [1.82, 2.24) is 9.55 Å². The van der Waals surface area contributed by atoms with Crippen molar-refractivity contribution in [3.63, 3.8) is 0 Å². The van der Waals surface area contributed by atoms with Crippen LogP contribution < -0.4 is 11.2 Å². The van der Waals surface area contributed by atoms with Gasteiger partial charge in [-0.15, -0.1) is 0 Å². The fourth-order valence-corrected chi connectivity index (χ4v) is 5.91. The van der Waals surface area contributed by atoms with Crippen LogP contribution in [-0.2, 0) is 56.0 Å². The molecule has 2 fully saturated rings. The second-order valence-corrected chi connectivity index (χ2v) is 12.4. The molecule has 1 aromatic heterocycles. The fraction of sp³-hybridized carbons (Fsp3) is 0.769. The number of carbonyl (C=O) groups excluding carboxylic acids is 2. The summed E-state index contributed by atoms with van der Waals surface area (Å²) in [5, 5.41) is 11.1. The Labute approximate surface area is 268 Å². The maximum Gasteiger partial charge on any atom is 0.510 e. The number of hydrogen-bond donors (Lipinski definition) is 2. The van der Waals surface area contributed by atoms with E-state index >= 15 is 0 Å². The van der Waals surface area contributed by atoms with Crippen molar-refractivity contribution in [3.8, 4) is 0 Å². The van der Waals surface area contributed by atoms with Crippen molar-refractivity contribution in [2.75, 3.05) is 67.5 Å². The zero-order valence-corrected chi connectivity index (χ0v) is 27.1. The molecule has 0 amide bonds. The average molecular weight is 703 g/mol. The second-order valence-electron chi connectivity index (χ2n) is 10.7. The highest BCUT2D eigenvalue weighted by molar-refractivity contribution is 7.48. The highest BCUT2D eigenvalue weighted by atomic mass is 31.2. The van der Waals surface area contributed by atoms with Gasteiger partial charge in [0.2, 0.25) is 13.6 Å². The van der Waals surface area contributed by atoms with Crippen molar-refractivity contribution in [2.45, 2.75) is 62.2 Å². The van der Waals surface area contributed by atoms with Gasteiger partial charge in [-0.2, -0.15) is 0 Å². The van der Waals surface area contributed by atoms with Crippen LogP contribution in [0, 0.1) is 0 Å². The van der Waals surface area contributed by atoms with Gasteiger partial charge in [-0.1, -0.05) is 0 Å². The summed E-state index contributed by atoms with van der Waals surface area (Å²) in [4.78, 5) is 50.1. The van der Waals surface area contributed by atoms with E-state index in [0.29, 0.717) is 12.8 Å². The van der Waals surface area contributed by atoms with Crippen LogP contribution >= 0.6 is 7.82 Å². The fourth-order valence-electron chi connectivity index (χ4n) is 4.93. The smallest absolute Gasteiger partial charge is 0.432 e. The molecule has 3 rings (SSSR count). The van der Waals surface area contributed by atoms with Crippen molar-refractivity contribution in [1.29, 1.82) is 0 Å². The van der Waals surface area contributed by atoms with Gasteiger partial charge in [0, 0.05) is 45.7 Å². The second kappa shape index (κ2) is 17.5. The lowest BCUT2D eigenvalue weighted by molar-refractivity contribution is -0.277. The van der Waals surface area contributed by atoms with Gasteiger partial charge in [0.05, 0.1) is 19.8 Å². The number of nitrogens with one attached hydrogen (secondary N) is 1. The van der Waals surface area contributed by atoms with Gasteiger partial charge in [-0.05, 0) is 19.8 Å². The van der Waals surface area contributed by atoms with Gasteiger partial charge in [-0.3, -0.25) is 18.9 Å². The molecule has 1 aliphatic carbocycles. The average Bonchev–Trinajstić information content (AvgIpc) is 3.56. The van der Waals surface area contributed by atoms with Crippen LogP contribution in [0.3, 0.4) is 0 Å². The Kier molecular flexibility index (Phi) is 14.3. The molecule has 1 saturated carbocycles. The third-order valence-electron chi connectivity index (χ3n) is 6.99. The van der Waals surface area contributed by atoms with Crippen LogP contribution in [0.5, 0.6) is 0 Å². The number of hydrogen-bond acceptors (Lipinski definition) is 17. The van der Waals surface area contributed by atoms with E-state index in [1.807, 2.05) is 0 Å². The highest BCUT2D eigenvalue weighted by Gasteiger charge is 2.59. The van der Waals surface area contributed by atoms with Crippen LogP contribution in [0.4, 0.5) is 14.0 Å². The molecule has 2 heterocycles. The molecule has 21 heteroatoms. The predicted octanol–water partition coefficient (Wildman–Crippen LogP) is 1.87. The largest absolute Gasteiger partial charge is 0.510 e. The van der Waals surface area contributed by atoms with Gasteiger partial charge >= 0.3 is 25.8 Å². The number of rotatable bonds is 19. The Hall–Kier alpha value is -2.94. The lowest BCUT2D eigenvalue weighted by atomic mass is 9.91. The van der Waals surface area contributed by atoms with E-state index in [4.69, 9.17) is 42.0 Å². The Morgan fingerprint density at radius 3 is 2.09 bits per heavy atom. The SMILES string of the molecule is COCCOC(=O)OCOP(=O)(OCOC(=O)OCCOC)OCC1(CF)CC(C)(OC2(O)CCCC2)C(n2ccc(=O)[nH]c2=O)O1. The van der Waals surface area contributed by atoms with Crippen LogP contribution in [0.15, 0.2) is 21.9 Å². The van der Waals surface area contributed by atoms with E-state index in [2.05, 4.69) is 14.5 Å². The first-order valence-corrected chi connectivity index (χ1v) is 15.8. The molecular weight excluding hydrogens is 662 g/mol. The summed E-state index contributed by atoms with van der Waals surface area (Å²) < 4.78 is 85.2. The molecule has 1 aliphatic heterocycles. The number of aromatic nitrogens is 2. The first kappa shape index (κ1) is 38.5. The lowest BCUT2D eigenvalue weighted by Gasteiger charge is -2.37. The molecule has 0 aromatic carbocycles. The number of aliphatic hydroxyl groups is 1. The number of alkyl halides is 1. The molecule has 268 valence electrons. The molecule has 0 radical (unpaired) electrons. The molecule has 0 bridgehead atoms. The summed E-state index contributed by atoms with van der Waals surface area (Å²) in [6, 6.07) is 1.04. The summed E-state index contributed by atoms with van der Waals surface area (Å²) in [7, 11) is -2.11. The number of aromatic amines is 1. The van der Waals surface area contributed by atoms with Gasteiger partial charge in [-0.25, -0.2) is 32.4 Å². The molecule has 19 nitrogen and oxygen atoms in total. The van der Waals surface area contributed by atoms with E-state index in [1.165, 1.54) is 21.1 Å². The van der Waals surface area contributed by atoms with Crippen molar-refractivity contribution >= 4 is 20.1 Å². The summed E-state index contributed by atoms with van der Waals surface area (Å²) in [5.74, 6) is -1.62. The minimum atomic E-state index is -4.86. The number of halogens is 1. The number of carbonyl (C=O) groups is 2. The topological polar surface area (TPSA) is 228 Å². The zero-order chi connectivity index (χ0) is 34.6. The molecule has 1 aromatic rings. The highest BCUT2D eigenvalue weighted by Crippen LogP contribution is 2.54. The number of nitrogens with zero attached hydrogens (tertiary/aromatic N) is 1. The number of methoxy groups -OCH3 is 2. The standard InChI is InChI=1S/C26H40FN2O17P/c1-24(46-26(34)7-4-5-8-26)14-25(15-27,45-20(24)29-9-6-19(30)28-21(29)31)16-42-47(35,43-17-40-22(32)38-12-10-36-2)44-18-41-23(33)39-13-11-37-3/h6,9,20,34H,4-5,7-8,10-18H2,1-3H3,(H,28,30,31). The monoisotopic (exact) mass is 702 g/mol. The van der Waals surface area contributed by atoms with Gasteiger partial charge in [0.1, 0.15) is 31.1 Å². The third kappa shape index (κ3) is 11.3. The maximum atomic E-state index is 14.9. The minimum absolute atomic E-state index is 0.0655. The van der Waals surface area contributed by atoms with Crippen molar-refractivity contribution < 1.29 is 75.1 Å². The van der Waals surface area contributed by atoms with Crippen LogP contribution in [0.25, 0.3) is 0 Å². The quantitative estimate of drug-likeness (QED) is 0.0907. The number of ether oxygens (including phenoxy) is 8. The molecule has 1 saturated heterocycles. The van der Waals surface area contributed by atoms with Crippen molar-refractivity contribution in [3.05, 3.63) is 33.1 Å². The third-order valence-corrected chi connectivity index (χ3v) is 8.28. The molecule has 3 unspecified atom stereocenters. The zero-order valence-electron chi connectivity index (χ0n) is 26.2. The normalized spacial score (nSPS) is 23.8. The Morgan fingerprint density at radius 2 is 1.57 bits per heavy atom. The van der Waals surface area contributed by atoms with E-state index in [-0.39, 0.29) is 45.7 Å². The molecule has 2 aliphatic rings. The number of phosphoric ester groups is 1.